The number of rotatable bonds is 5. The minimum absolute atomic E-state index is 0.0194. The molecule has 0 saturated heterocycles. The van der Waals surface area contributed by atoms with Crippen molar-refractivity contribution < 1.29 is 28.6 Å². The number of amides is 1. The Kier molecular flexibility index (Phi) is 6.08. The highest BCUT2D eigenvalue weighted by molar-refractivity contribution is 5.87. The molecule has 1 aromatic heterocycles. The first kappa shape index (κ1) is 21.6. The van der Waals surface area contributed by atoms with E-state index >= 15 is 0 Å². The number of phenolic OH excluding ortho intramolecular Hbond substituents is 1. The first-order valence-corrected chi connectivity index (χ1v) is 9.96. The quantitative estimate of drug-likeness (QED) is 0.334. The van der Waals surface area contributed by atoms with Gasteiger partial charge in [-0.3, -0.25) is 14.9 Å². The van der Waals surface area contributed by atoms with Crippen LogP contribution in [0, 0.1) is 0 Å². The molecule has 4 aromatic rings. The lowest BCUT2D eigenvalue weighted by Crippen LogP contribution is -2.13. The summed E-state index contributed by atoms with van der Waals surface area (Å²) in [5, 5.41) is 12.8. The number of hydrogen-bond acceptors (Lipinski definition) is 7. The standard InChI is InChI=1S/C25H19NO7/c1-15(27)32-19-11-20(28)24-21(29)13-22(33-23(24)12-19)17-7-9-18(10-8-17)26-25(30)31-14-16-5-3-2-4-6-16/h2-13,28H,14H2,1H3,(H,26,30). The molecule has 1 heterocycles. The third kappa shape index (κ3) is 5.19. The van der Waals surface area contributed by atoms with Crippen LogP contribution >= 0.6 is 0 Å². The van der Waals surface area contributed by atoms with Crippen LogP contribution in [0.1, 0.15) is 12.5 Å². The Labute approximate surface area is 188 Å². The van der Waals surface area contributed by atoms with Crippen molar-refractivity contribution in [1.82, 2.24) is 0 Å². The van der Waals surface area contributed by atoms with Crippen LogP contribution in [0.2, 0.25) is 0 Å². The topological polar surface area (TPSA) is 115 Å². The molecular formula is C25H19NO7. The molecule has 0 radical (unpaired) electrons. The highest BCUT2D eigenvalue weighted by atomic mass is 16.5. The number of nitrogens with one attached hydrogen (secondary N) is 1. The van der Waals surface area contributed by atoms with Crippen molar-refractivity contribution in [3.8, 4) is 22.8 Å². The Morgan fingerprint density at radius 2 is 1.73 bits per heavy atom. The van der Waals surface area contributed by atoms with Crippen molar-refractivity contribution in [2.75, 3.05) is 5.32 Å². The van der Waals surface area contributed by atoms with Crippen molar-refractivity contribution in [1.29, 1.82) is 0 Å². The molecule has 0 atom stereocenters. The molecule has 33 heavy (non-hydrogen) atoms. The summed E-state index contributed by atoms with van der Waals surface area (Å²) in [5.41, 5.74) is 1.55. The minimum Gasteiger partial charge on any atom is -0.507 e. The highest BCUT2D eigenvalue weighted by Crippen LogP contribution is 2.31. The summed E-state index contributed by atoms with van der Waals surface area (Å²) in [6.07, 6.45) is -0.600. The van der Waals surface area contributed by atoms with Gasteiger partial charge < -0.3 is 19.0 Å². The normalized spacial score (nSPS) is 10.6. The van der Waals surface area contributed by atoms with E-state index in [0.717, 1.165) is 5.56 Å². The molecule has 0 saturated carbocycles. The van der Waals surface area contributed by atoms with Crippen LogP contribution in [0.5, 0.6) is 11.5 Å². The second-order valence-electron chi connectivity index (χ2n) is 7.15. The Hall–Kier alpha value is -4.59. The van der Waals surface area contributed by atoms with Gasteiger partial charge in [-0.1, -0.05) is 30.3 Å². The average Bonchev–Trinajstić information content (AvgIpc) is 2.78. The van der Waals surface area contributed by atoms with Gasteiger partial charge in [-0.2, -0.15) is 0 Å². The van der Waals surface area contributed by atoms with Gasteiger partial charge in [0.25, 0.3) is 0 Å². The fourth-order valence-electron chi connectivity index (χ4n) is 3.21. The Morgan fingerprint density at radius 3 is 2.42 bits per heavy atom. The predicted octanol–water partition coefficient (Wildman–Crippen LogP) is 4.84. The summed E-state index contributed by atoms with van der Waals surface area (Å²) in [4.78, 5) is 35.7. The fourth-order valence-corrected chi connectivity index (χ4v) is 3.21. The number of hydrogen-bond donors (Lipinski definition) is 2. The van der Waals surface area contributed by atoms with Gasteiger partial charge >= 0.3 is 12.1 Å². The minimum atomic E-state index is -0.600. The number of phenols is 1. The molecule has 8 nitrogen and oxygen atoms in total. The second-order valence-corrected chi connectivity index (χ2v) is 7.15. The number of aromatic hydroxyl groups is 1. The first-order valence-electron chi connectivity index (χ1n) is 9.96. The molecule has 0 spiro atoms. The molecule has 0 unspecified atom stereocenters. The predicted molar refractivity (Wildman–Crippen MR) is 121 cm³/mol. The summed E-state index contributed by atoms with van der Waals surface area (Å²) < 4.78 is 15.9. The van der Waals surface area contributed by atoms with Gasteiger partial charge in [0.15, 0.2) is 5.43 Å². The molecule has 1 amide bonds. The lowest BCUT2D eigenvalue weighted by molar-refractivity contribution is -0.131. The van der Waals surface area contributed by atoms with Gasteiger partial charge in [-0.15, -0.1) is 0 Å². The van der Waals surface area contributed by atoms with E-state index in [0.29, 0.717) is 11.3 Å². The van der Waals surface area contributed by atoms with Crippen molar-refractivity contribution in [3.63, 3.8) is 0 Å². The maximum atomic E-state index is 12.5. The van der Waals surface area contributed by atoms with Crippen LogP contribution < -0.4 is 15.5 Å². The summed E-state index contributed by atoms with van der Waals surface area (Å²) in [7, 11) is 0. The van der Waals surface area contributed by atoms with Crippen LogP contribution in [0.15, 0.2) is 82.0 Å². The summed E-state index contributed by atoms with van der Waals surface area (Å²) in [5.74, 6) is -0.623. The molecule has 2 N–H and O–H groups in total. The van der Waals surface area contributed by atoms with E-state index in [2.05, 4.69) is 5.32 Å². The van der Waals surface area contributed by atoms with Crippen LogP contribution in [-0.4, -0.2) is 17.2 Å². The zero-order chi connectivity index (χ0) is 23.4. The molecule has 3 aromatic carbocycles. The second kappa shape index (κ2) is 9.27. The van der Waals surface area contributed by atoms with Crippen LogP contribution in [-0.2, 0) is 16.1 Å². The van der Waals surface area contributed by atoms with E-state index in [1.807, 2.05) is 30.3 Å². The van der Waals surface area contributed by atoms with Gasteiger partial charge in [0, 0.05) is 36.4 Å². The fraction of sp³-hybridized carbons (Fsp3) is 0.0800. The van der Waals surface area contributed by atoms with Gasteiger partial charge in [-0.25, -0.2) is 4.79 Å². The van der Waals surface area contributed by atoms with E-state index in [1.165, 1.54) is 25.1 Å². The lowest BCUT2D eigenvalue weighted by atomic mass is 10.1. The van der Waals surface area contributed by atoms with Gasteiger partial charge in [-0.05, 0) is 29.8 Å². The average molecular weight is 445 g/mol. The zero-order valence-corrected chi connectivity index (χ0v) is 17.5. The number of fused-ring (bicyclic) bond motifs is 1. The van der Waals surface area contributed by atoms with Gasteiger partial charge in [0.1, 0.15) is 34.8 Å². The van der Waals surface area contributed by atoms with Gasteiger partial charge in [0.05, 0.1) is 0 Å². The molecule has 8 heteroatoms. The third-order valence-electron chi connectivity index (χ3n) is 4.67. The maximum Gasteiger partial charge on any atom is 0.411 e. The number of benzene rings is 3. The van der Waals surface area contributed by atoms with Crippen molar-refractivity contribution in [2.24, 2.45) is 0 Å². The molecule has 0 aliphatic rings. The summed E-state index contributed by atoms with van der Waals surface area (Å²) in [6.45, 7) is 1.37. The number of ether oxygens (including phenoxy) is 2. The highest BCUT2D eigenvalue weighted by Gasteiger charge is 2.14. The molecule has 0 aliphatic carbocycles. The van der Waals surface area contributed by atoms with Crippen LogP contribution in [0.25, 0.3) is 22.3 Å². The molecule has 0 fully saturated rings. The number of carbonyl (C=O) groups is 2. The first-order chi connectivity index (χ1) is 15.9. The lowest BCUT2D eigenvalue weighted by Gasteiger charge is -2.09. The molecule has 0 bridgehead atoms. The third-order valence-corrected chi connectivity index (χ3v) is 4.67. The molecular weight excluding hydrogens is 426 g/mol. The smallest absolute Gasteiger partial charge is 0.411 e. The number of carbonyl (C=O) groups excluding carboxylic acids is 2. The van der Waals surface area contributed by atoms with E-state index in [-0.39, 0.29) is 34.8 Å². The van der Waals surface area contributed by atoms with Gasteiger partial charge in [0.2, 0.25) is 0 Å². The van der Waals surface area contributed by atoms with E-state index < -0.39 is 17.5 Å². The number of esters is 1. The Morgan fingerprint density at radius 1 is 1.00 bits per heavy atom. The van der Waals surface area contributed by atoms with Crippen molar-refractivity contribution in [3.05, 3.63) is 88.6 Å². The van der Waals surface area contributed by atoms with E-state index in [9.17, 15) is 19.5 Å². The van der Waals surface area contributed by atoms with Crippen LogP contribution in [0.4, 0.5) is 10.5 Å². The monoisotopic (exact) mass is 445 g/mol. The van der Waals surface area contributed by atoms with E-state index in [4.69, 9.17) is 13.9 Å². The van der Waals surface area contributed by atoms with Crippen LogP contribution in [0.3, 0.4) is 0 Å². The van der Waals surface area contributed by atoms with Crippen molar-refractivity contribution >= 4 is 28.7 Å². The number of anilines is 1. The van der Waals surface area contributed by atoms with E-state index in [1.54, 1.807) is 24.3 Å². The Bertz CT molecular complexity index is 1380. The molecule has 166 valence electrons. The summed E-state index contributed by atoms with van der Waals surface area (Å²) >= 11 is 0. The Balaban J connectivity index is 1.52. The molecule has 0 aliphatic heterocycles. The summed E-state index contributed by atoms with van der Waals surface area (Å²) in [6, 6.07) is 19.7. The zero-order valence-electron chi connectivity index (χ0n) is 17.5. The SMILES string of the molecule is CC(=O)Oc1cc(O)c2c(=O)cc(-c3ccc(NC(=O)OCc4ccccc4)cc3)oc2c1. The maximum absolute atomic E-state index is 12.5. The largest absolute Gasteiger partial charge is 0.507 e. The van der Waals surface area contributed by atoms with Crippen molar-refractivity contribution in [2.45, 2.75) is 13.5 Å². The molecule has 4 rings (SSSR count).